The van der Waals surface area contributed by atoms with Crippen LogP contribution in [0.5, 0.6) is 0 Å². The molecule has 4 aliphatic rings. The molecular formula is C21H30O5. The standard InChI is InChI=1S/C21H30O5/c1-11(22)15-9-18(25)21(26)14-5-4-12-8-13(23)6-7-19(12,2)16(14)10-17(24)20(15,21)3/h4,13-16,18,23,25-26H,5-10H2,1-3H3/t13?,14-,15-,16+,18?,19+,20+,21+/m1/s1. The molecule has 26 heavy (non-hydrogen) atoms. The molecule has 2 unspecified atom stereocenters. The average Bonchev–Trinajstić information content (AvgIpc) is 2.79. The van der Waals surface area contributed by atoms with E-state index in [-0.39, 0.29) is 41.3 Å². The Hall–Kier alpha value is -1.04. The van der Waals surface area contributed by atoms with Gasteiger partial charge in [0, 0.05) is 12.3 Å². The first-order valence-electron chi connectivity index (χ1n) is 9.88. The lowest BCUT2D eigenvalue weighted by molar-refractivity contribution is -0.209. The van der Waals surface area contributed by atoms with E-state index in [2.05, 4.69) is 13.0 Å². The molecule has 144 valence electrons. The Morgan fingerprint density at radius 2 is 1.88 bits per heavy atom. The van der Waals surface area contributed by atoms with Gasteiger partial charge in [0.05, 0.1) is 17.6 Å². The summed E-state index contributed by atoms with van der Waals surface area (Å²) < 4.78 is 0. The van der Waals surface area contributed by atoms with E-state index in [1.54, 1.807) is 6.92 Å². The molecule has 5 heteroatoms. The Balaban J connectivity index is 1.82. The highest BCUT2D eigenvalue weighted by Crippen LogP contribution is 2.66. The lowest BCUT2D eigenvalue weighted by Crippen LogP contribution is -2.67. The SMILES string of the molecule is CC(=O)[C@H]1CC(O)[C@@]2(O)[C@@H]3CC=C4CC(O)CC[C@]4(C)[C@H]3CC(=O)[C@]12C. The zero-order chi connectivity index (χ0) is 19.1. The predicted molar refractivity (Wildman–Crippen MR) is 95.1 cm³/mol. The number of hydrogen-bond acceptors (Lipinski definition) is 5. The van der Waals surface area contributed by atoms with Crippen molar-refractivity contribution in [2.45, 2.75) is 77.1 Å². The highest BCUT2D eigenvalue weighted by atomic mass is 16.3. The number of aliphatic hydroxyl groups excluding tert-OH is 2. The van der Waals surface area contributed by atoms with E-state index in [0.29, 0.717) is 25.7 Å². The van der Waals surface area contributed by atoms with Crippen LogP contribution in [0, 0.1) is 28.6 Å². The van der Waals surface area contributed by atoms with Crippen LogP contribution in [0.15, 0.2) is 11.6 Å². The van der Waals surface area contributed by atoms with Crippen LogP contribution < -0.4 is 0 Å². The van der Waals surface area contributed by atoms with Crippen LogP contribution in [0.1, 0.15) is 59.3 Å². The molecule has 0 heterocycles. The summed E-state index contributed by atoms with van der Waals surface area (Å²) in [5.41, 5.74) is -1.82. The largest absolute Gasteiger partial charge is 0.393 e. The summed E-state index contributed by atoms with van der Waals surface area (Å²) in [6, 6.07) is 0. The molecule has 0 spiro atoms. The molecule has 0 aromatic carbocycles. The summed E-state index contributed by atoms with van der Waals surface area (Å²) in [4.78, 5) is 25.5. The van der Waals surface area contributed by atoms with Gasteiger partial charge in [-0.25, -0.2) is 0 Å². The summed E-state index contributed by atoms with van der Waals surface area (Å²) in [5.74, 6) is -1.14. The number of carbonyl (C=O) groups is 2. The van der Waals surface area contributed by atoms with Gasteiger partial charge in [-0.1, -0.05) is 18.6 Å². The fourth-order valence-corrected chi connectivity index (χ4v) is 6.99. The molecule has 3 saturated carbocycles. The molecule has 0 aliphatic heterocycles. The van der Waals surface area contributed by atoms with Gasteiger partial charge in [-0.3, -0.25) is 9.59 Å². The number of Topliss-reactive ketones (excluding diaryl/α,β-unsaturated/α-hetero) is 2. The Morgan fingerprint density at radius 3 is 2.54 bits per heavy atom. The molecule has 4 rings (SSSR count). The highest BCUT2D eigenvalue weighted by molar-refractivity contribution is 5.95. The van der Waals surface area contributed by atoms with Crippen LogP contribution >= 0.6 is 0 Å². The second kappa shape index (κ2) is 5.49. The van der Waals surface area contributed by atoms with E-state index in [9.17, 15) is 24.9 Å². The van der Waals surface area contributed by atoms with Crippen LogP contribution in [0.2, 0.25) is 0 Å². The molecule has 0 amide bonds. The van der Waals surface area contributed by atoms with Crippen LogP contribution in [-0.4, -0.2) is 44.7 Å². The number of ketones is 2. The van der Waals surface area contributed by atoms with Crippen LogP contribution in [0.3, 0.4) is 0 Å². The molecule has 0 bridgehead atoms. The number of rotatable bonds is 1. The highest BCUT2D eigenvalue weighted by Gasteiger charge is 2.73. The van der Waals surface area contributed by atoms with Crippen molar-refractivity contribution in [2.24, 2.45) is 28.6 Å². The number of carbonyl (C=O) groups excluding carboxylic acids is 2. The third-order valence-electron chi connectivity index (χ3n) is 8.64. The molecule has 4 aliphatic carbocycles. The van der Waals surface area contributed by atoms with Gasteiger partial charge in [0.25, 0.3) is 0 Å². The van der Waals surface area contributed by atoms with Crippen molar-refractivity contribution in [3.05, 3.63) is 11.6 Å². The van der Waals surface area contributed by atoms with E-state index in [1.165, 1.54) is 12.5 Å². The van der Waals surface area contributed by atoms with Crippen molar-refractivity contribution in [3.8, 4) is 0 Å². The molecular weight excluding hydrogens is 332 g/mol. The lowest BCUT2D eigenvalue weighted by atomic mass is 9.45. The summed E-state index contributed by atoms with van der Waals surface area (Å²) in [5, 5.41) is 32.7. The summed E-state index contributed by atoms with van der Waals surface area (Å²) in [7, 11) is 0. The number of hydrogen-bond donors (Lipinski definition) is 3. The maximum absolute atomic E-state index is 13.3. The topological polar surface area (TPSA) is 94.8 Å². The van der Waals surface area contributed by atoms with Gasteiger partial charge in [-0.2, -0.15) is 0 Å². The van der Waals surface area contributed by atoms with Gasteiger partial charge in [-0.05, 0) is 63.2 Å². The van der Waals surface area contributed by atoms with E-state index in [1.807, 2.05) is 0 Å². The van der Waals surface area contributed by atoms with Gasteiger partial charge in [0.15, 0.2) is 0 Å². The van der Waals surface area contributed by atoms with E-state index in [4.69, 9.17) is 0 Å². The van der Waals surface area contributed by atoms with Gasteiger partial charge in [0.2, 0.25) is 0 Å². The van der Waals surface area contributed by atoms with Gasteiger partial charge < -0.3 is 15.3 Å². The van der Waals surface area contributed by atoms with Crippen molar-refractivity contribution in [1.82, 2.24) is 0 Å². The Morgan fingerprint density at radius 1 is 1.19 bits per heavy atom. The maximum atomic E-state index is 13.3. The van der Waals surface area contributed by atoms with Crippen LogP contribution in [0.4, 0.5) is 0 Å². The molecule has 5 nitrogen and oxygen atoms in total. The second-order valence-corrected chi connectivity index (χ2v) is 9.56. The predicted octanol–water partition coefficient (Wildman–Crippen LogP) is 1.78. The fraction of sp³-hybridized carbons (Fsp3) is 0.810. The molecule has 0 aromatic heterocycles. The van der Waals surface area contributed by atoms with Crippen molar-refractivity contribution in [3.63, 3.8) is 0 Å². The molecule has 0 radical (unpaired) electrons. The molecule has 3 N–H and O–H groups in total. The fourth-order valence-electron chi connectivity index (χ4n) is 6.99. The lowest BCUT2D eigenvalue weighted by Gasteiger charge is -2.60. The van der Waals surface area contributed by atoms with Crippen molar-refractivity contribution in [1.29, 1.82) is 0 Å². The van der Waals surface area contributed by atoms with Gasteiger partial charge >= 0.3 is 0 Å². The Kier molecular flexibility index (Phi) is 3.87. The van der Waals surface area contributed by atoms with Crippen LogP contribution in [-0.2, 0) is 9.59 Å². The smallest absolute Gasteiger partial charge is 0.142 e. The Bertz CT molecular complexity index is 699. The average molecular weight is 362 g/mol. The monoisotopic (exact) mass is 362 g/mol. The van der Waals surface area contributed by atoms with Crippen molar-refractivity contribution < 1.29 is 24.9 Å². The first kappa shape index (κ1) is 18.3. The van der Waals surface area contributed by atoms with Gasteiger partial charge in [0.1, 0.15) is 17.2 Å². The number of allylic oxidation sites excluding steroid dienone is 1. The van der Waals surface area contributed by atoms with E-state index < -0.39 is 23.0 Å². The first-order valence-corrected chi connectivity index (χ1v) is 9.88. The van der Waals surface area contributed by atoms with Crippen molar-refractivity contribution in [2.75, 3.05) is 0 Å². The van der Waals surface area contributed by atoms with Crippen LogP contribution in [0.25, 0.3) is 0 Å². The minimum atomic E-state index is -1.57. The zero-order valence-electron chi connectivity index (χ0n) is 15.9. The molecule has 0 aromatic rings. The number of fused-ring (bicyclic) bond motifs is 5. The van der Waals surface area contributed by atoms with E-state index in [0.717, 1.165) is 6.42 Å². The van der Waals surface area contributed by atoms with Crippen molar-refractivity contribution >= 4 is 11.6 Å². The Labute approximate surface area is 154 Å². The molecule has 3 fully saturated rings. The third kappa shape index (κ3) is 1.97. The minimum absolute atomic E-state index is 0.0547. The number of aliphatic hydroxyl groups is 3. The minimum Gasteiger partial charge on any atom is -0.393 e. The normalized spacial score (nSPS) is 53.4. The first-order chi connectivity index (χ1) is 12.1. The third-order valence-corrected chi connectivity index (χ3v) is 8.64. The summed E-state index contributed by atoms with van der Waals surface area (Å²) in [6.45, 7) is 5.29. The molecule has 8 atom stereocenters. The molecule has 0 saturated heterocycles. The van der Waals surface area contributed by atoms with Gasteiger partial charge in [-0.15, -0.1) is 0 Å². The second-order valence-electron chi connectivity index (χ2n) is 9.56. The summed E-state index contributed by atoms with van der Waals surface area (Å²) >= 11 is 0. The maximum Gasteiger partial charge on any atom is 0.142 e. The quantitative estimate of drug-likeness (QED) is 0.618. The zero-order valence-corrected chi connectivity index (χ0v) is 15.9. The summed E-state index contributed by atoms with van der Waals surface area (Å²) in [6.07, 6.45) is 3.90. The van der Waals surface area contributed by atoms with E-state index >= 15 is 0 Å².